The quantitative estimate of drug-likeness (QED) is 0.442. The predicted octanol–water partition coefficient (Wildman–Crippen LogP) is -1.65. The van der Waals surface area contributed by atoms with E-state index in [1.165, 1.54) is 0 Å². The molecule has 0 fully saturated rings. The van der Waals surface area contributed by atoms with Crippen LogP contribution in [-0.4, -0.2) is 39.6 Å². The molecule has 0 unspecified atom stereocenters. The van der Waals surface area contributed by atoms with E-state index < -0.39 is 5.97 Å². The van der Waals surface area contributed by atoms with E-state index in [2.05, 4.69) is 0 Å². The Morgan fingerprint density at radius 1 is 1.57 bits per heavy atom. The van der Waals surface area contributed by atoms with Gasteiger partial charge in [0.15, 0.2) is 0 Å². The van der Waals surface area contributed by atoms with Gasteiger partial charge >= 0.3 is 23.1 Å². The van der Waals surface area contributed by atoms with E-state index in [1.54, 1.807) is 0 Å². The number of rotatable bonds is 0. The van der Waals surface area contributed by atoms with Gasteiger partial charge in [0.1, 0.15) is 0 Å². The molecular weight excluding hydrogens is 162 g/mol. The monoisotopic (exact) mass is 168 g/mol. The maximum atomic E-state index is 9.00. The summed E-state index contributed by atoms with van der Waals surface area (Å²) in [5, 5.41) is 7.42. The van der Waals surface area contributed by atoms with Crippen LogP contribution in [0.15, 0.2) is 0 Å². The molecule has 5 heteroatoms. The average Bonchev–Trinajstić information content (AvgIpc) is 0.811. The van der Waals surface area contributed by atoms with Crippen molar-refractivity contribution >= 4 is 29.0 Å². The Labute approximate surface area is 70.7 Å². The van der Waals surface area contributed by atoms with Crippen molar-refractivity contribution in [3.8, 4) is 0 Å². The van der Waals surface area contributed by atoms with Gasteiger partial charge in [-0.2, -0.15) is 0 Å². The van der Waals surface area contributed by atoms with Crippen LogP contribution in [0.2, 0.25) is 0 Å². The van der Waals surface area contributed by atoms with Gasteiger partial charge in [-0.3, -0.25) is 4.79 Å². The van der Waals surface area contributed by atoms with Crippen molar-refractivity contribution in [2.75, 3.05) is 0 Å². The average molecular weight is 170 g/mol. The van der Waals surface area contributed by atoms with Gasteiger partial charge in [-0.1, -0.05) is 0 Å². The molecule has 0 aromatic heterocycles. The smallest absolute Gasteiger partial charge is 0.316 e. The van der Waals surface area contributed by atoms with E-state index in [1.807, 2.05) is 0 Å². The Balaban J connectivity index is -0.0000000150. The van der Waals surface area contributed by atoms with Gasteiger partial charge < -0.3 is 10.6 Å². The van der Waals surface area contributed by atoms with Crippen LogP contribution in [0.3, 0.4) is 0 Å². The molecule has 0 saturated carbocycles. The van der Waals surface area contributed by atoms with Crippen molar-refractivity contribution in [2.24, 2.45) is 0 Å². The minimum absolute atomic E-state index is 0. The van der Waals surface area contributed by atoms with Crippen molar-refractivity contribution < 1.29 is 34.9 Å². The molecule has 3 N–H and O–H groups in total. The van der Waals surface area contributed by atoms with Crippen molar-refractivity contribution in [3.63, 3.8) is 0 Å². The van der Waals surface area contributed by atoms with Gasteiger partial charge in [0, 0.05) is 26.4 Å². The van der Waals surface area contributed by atoms with Gasteiger partial charge in [-0.25, -0.2) is 0 Å². The molecule has 0 spiro atoms. The van der Waals surface area contributed by atoms with Gasteiger partial charge in [0.25, 0.3) is 5.97 Å². The predicted molar refractivity (Wildman–Crippen MR) is 25.5 cm³/mol. The largest absolute Gasteiger partial charge is 0.481 e. The minimum Gasteiger partial charge on any atom is -0.481 e. The molecule has 0 aromatic rings. The zero-order valence-corrected chi connectivity index (χ0v) is 6.53. The standard InChI is InChI=1S/C2H4O2.Mg.H2O.Zn.2H/c1-2(3)4;;;;;/h1H3,(H,3,4);;1H2;;;. The third-order valence-corrected chi connectivity index (χ3v) is 0. The van der Waals surface area contributed by atoms with Crippen LogP contribution in [0.4, 0.5) is 0 Å². The summed E-state index contributed by atoms with van der Waals surface area (Å²) in [6, 6.07) is 0. The maximum Gasteiger partial charge on any atom is 0.316 e. The summed E-state index contributed by atoms with van der Waals surface area (Å²) in [6.45, 7) is 1.08. The molecule has 0 aliphatic heterocycles. The van der Waals surface area contributed by atoms with E-state index in [0.29, 0.717) is 0 Å². The van der Waals surface area contributed by atoms with Crippen molar-refractivity contribution in [2.45, 2.75) is 6.92 Å². The first kappa shape index (κ1) is 24.9. The molecule has 0 atom stereocenters. The first-order valence-corrected chi connectivity index (χ1v) is 0.928. The Morgan fingerprint density at radius 3 is 1.57 bits per heavy atom. The summed E-state index contributed by atoms with van der Waals surface area (Å²) in [7, 11) is 0. The summed E-state index contributed by atoms with van der Waals surface area (Å²) in [4.78, 5) is 9.00. The minimum atomic E-state index is -0.833. The van der Waals surface area contributed by atoms with Gasteiger partial charge in [-0.15, -0.1) is 0 Å². The van der Waals surface area contributed by atoms with E-state index >= 15 is 0 Å². The van der Waals surface area contributed by atoms with Crippen LogP contribution in [0.25, 0.3) is 0 Å². The third-order valence-electron chi connectivity index (χ3n) is 0. The van der Waals surface area contributed by atoms with Crippen LogP contribution in [0.5, 0.6) is 0 Å². The molecule has 0 heterocycles. The SMILES string of the molecule is CC(=O)O.O.[MgH2].[Zn]. The topological polar surface area (TPSA) is 68.8 Å². The van der Waals surface area contributed by atoms with Crippen LogP contribution in [-0.2, 0) is 24.3 Å². The van der Waals surface area contributed by atoms with Crippen molar-refractivity contribution in [1.29, 1.82) is 0 Å². The molecule has 38 valence electrons. The van der Waals surface area contributed by atoms with E-state index in [9.17, 15) is 0 Å². The molecule has 0 aliphatic rings. The Kier molecular flexibility index (Phi) is 56.4. The van der Waals surface area contributed by atoms with E-state index in [4.69, 9.17) is 9.90 Å². The Bertz CT molecular complexity index is 35.9. The number of carbonyl (C=O) groups is 1. The van der Waals surface area contributed by atoms with Crippen LogP contribution in [0, 0.1) is 0 Å². The summed E-state index contributed by atoms with van der Waals surface area (Å²) < 4.78 is 0. The Morgan fingerprint density at radius 2 is 1.57 bits per heavy atom. The van der Waals surface area contributed by atoms with E-state index in [-0.39, 0.29) is 48.0 Å². The summed E-state index contributed by atoms with van der Waals surface area (Å²) in [5.74, 6) is -0.833. The third kappa shape index (κ3) is 236. The molecule has 3 nitrogen and oxygen atoms in total. The second-order valence-corrected chi connectivity index (χ2v) is 0.519. The van der Waals surface area contributed by atoms with Crippen LogP contribution < -0.4 is 0 Å². The number of carboxylic acids is 1. The van der Waals surface area contributed by atoms with Crippen molar-refractivity contribution in [1.82, 2.24) is 0 Å². The van der Waals surface area contributed by atoms with Crippen LogP contribution >= 0.6 is 0 Å². The number of hydrogen-bond acceptors (Lipinski definition) is 1. The van der Waals surface area contributed by atoms with Gasteiger partial charge in [-0.05, 0) is 0 Å². The summed E-state index contributed by atoms with van der Waals surface area (Å²) in [5.41, 5.74) is 0. The first-order valence-electron chi connectivity index (χ1n) is 0.928. The molecule has 0 rings (SSSR count). The second kappa shape index (κ2) is 15.8. The molecule has 0 aliphatic carbocycles. The first-order chi connectivity index (χ1) is 1.73. The molecule has 0 amide bonds. The van der Waals surface area contributed by atoms with Gasteiger partial charge in [0.05, 0.1) is 0 Å². The zero-order valence-electron chi connectivity index (χ0n) is 3.56. The van der Waals surface area contributed by atoms with E-state index in [0.717, 1.165) is 6.92 Å². The molecule has 7 heavy (non-hydrogen) atoms. The number of hydrogen-bond donors (Lipinski definition) is 1. The fraction of sp³-hybridized carbons (Fsp3) is 0.500. The van der Waals surface area contributed by atoms with Gasteiger partial charge in [0.2, 0.25) is 0 Å². The Hall–Kier alpha value is 0.820. The molecular formula is C2H8MgO3Zn. The maximum absolute atomic E-state index is 9.00. The second-order valence-electron chi connectivity index (χ2n) is 0.519. The molecule has 0 bridgehead atoms. The molecule has 0 saturated heterocycles. The van der Waals surface area contributed by atoms with Crippen LogP contribution in [0.1, 0.15) is 6.92 Å². The zero-order chi connectivity index (χ0) is 3.58. The fourth-order valence-electron chi connectivity index (χ4n) is 0. The summed E-state index contributed by atoms with van der Waals surface area (Å²) in [6.07, 6.45) is 0. The molecule has 0 aromatic carbocycles. The fourth-order valence-corrected chi connectivity index (χ4v) is 0. The normalized spacial score (nSPS) is 3.57. The number of carboxylic acid groups (broad SMARTS) is 1. The summed E-state index contributed by atoms with van der Waals surface area (Å²) >= 11 is 0. The van der Waals surface area contributed by atoms with Crippen molar-refractivity contribution in [3.05, 3.63) is 0 Å². The number of aliphatic carboxylic acids is 1. The molecule has 0 radical (unpaired) electrons.